The van der Waals surface area contributed by atoms with Gasteiger partial charge < -0.3 is 35.4 Å². The van der Waals surface area contributed by atoms with Crippen molar-refractivity contribution in [3.8, 4) is 5.75 Å². The predicted molar refractivity (Wildman–Crippen MR) is 169 cm³/mol. The maximum atomic E-state index is 14.1. The lowest BCUT2D eigenvalue weighted by molar-refractivity contribution is -0.140. The summed E-state index contributed by atoms with van der Waals surface area (Å²) in [5.41, 5.74) is 6.86. The number of likely N-dealkylation sites (tertiary alicyclic amines) is 1. The van der Waals surface area contributed by atoms with Crippen LogP contribution in [0.2, 0.25) is 0 Å². The van der Waals surface area contributed by atoms with Crippen molar-refractivity contribution < 1.29 is 19.1 Å². The molecular weight excluding hydrogens is 544 g/mol. The molecule has 10 nitrogen and oxygen atoms in total. The molecule has 0 bridgehead atoms. The van der Waals surface area contributed by atoms with Crippen LogP contribution in [-0.2, 0) is 20.8 Å². The summed E-state index contributed by atoms with van der Waals surface area (Å²) in [6.07, 6.45) is 2.27. The van der Waals surface area contributed by atoms with Gasteiger partial charge >= 0.3 is 0 Å². The lowest BCUT2D eigenvalue weighted by atomic mass is 9.85. The molecule has 10 heteroatoms. The number of piperidine rings is 1. The van der Waals surface area contributed by atoms with Crippen LogP contribution in [0.25, 0.3) is 0 Å². The molecule has 3 N–H and O–H groups in total. The Morgan fingerprint density at radius 1 is 1.05 bits per heavy atom. The molecule has 2 heterocycles. The Balaban J connectivity index is 1.50. The molecule has 1 atom stereocenters. The second-order valence-corrected chi connectivity index (χ2v) is 11.4. The van der Waals surface area contributed by atoms with E-state index in [9.17, 15) is 14.4 Å². The molecule has 43 heavy (non-hydrogen) atoms. The normalized spacial score (nSPS) is 17.0. The van der Waals surface area contributed by atoms with Crippen LogP contribution in [0.3, 0.4) is 0 Å². The molecule has 2 aliphatic rings. The lowest BCUT2D eigenvalue weighted by Gasteiger charge is -2.44. The van der Waals surface area contributed by atoms with Crippen molar-refractivity contribution in [3.05, 3.63) is 60.2 Å². The van der Waals surface area contributed by atoms with Crippen LogP contribution in [0.1, 0.15) is 45.1 Å². The number of nitrogens with two attached hydrogens (primary N) is 1. The van der Waals surface area contributed by atoms with E-state index in [1.54, 1.807) is 7.11 Å². The molecule has 3 amide bonds. The van der Waals surface area contributed by atoms with Crippen molar-refractivity contribution in [2.24, 2.45) is 5.73 Å². The summed E-state index contributed by atoms with van der Waals surface area (Å²) in [6, 6.07) is 16.9. The largest absolute Gasteiger partial charge is 0.497 e. The fourth-order valence-corrected chi connectivity index (χ4v) is 6.22. The first-order chi connectivity index (χ1) is 20.8. The predicted octanol–water partition coefficient (Wildman–Crippen LogP) is 2.47. The third-order valence-electron chi connectivity index (χ3n) is 8.90. The number of carbonyl (C=O) groups is 3. The smallest absolute Gasteiger partial charge is 0.250 e. The zero-order valence-corrected chi connectivity index (χ0v) is 26.0. The summed E-state index contributed by atoms with van der Waals surface area (Å²) >= 11 is 0. The summed E-state index contributed by atoms with van der Waals surface area (Å²) in [6.45, 7) is 9.51. The number of anilines is 1. The van der Waals surface area contributed by atoms with Crippen LogP contribution in [0, 0.1) is 0 Å². The number of ether oxygens (including phenoxy) is 1. The molecule has 2 aliphatic heterocycles. The van der Waals surface area contributed by atoms with Gasteiger partial charge in [0.1, 0.15) is 17.3 Å². The van der Waals surface area contributed by atoms with Crippen molar-refractivity contribution in [1.82, 2.24) is 20.0 Å². The van der Waals surface area contributed by atoms with E-state index in [4.69, 9.17) is 10.5 Å². The average molecular weight is 593 g/mol. The number of para-hydroxylation sites is 1. The molecule has 4 rings (SSSR count). The maximum Gasteiger partial charge on any atom is 0.250 e. The van der Waals surface area contributed by atoms with E-state index in [-0.39, 0.29) is 24.1 Å². The summed E-state index contributed by atoms with van der Waals surface area (Å²) < 4.78 is 5.27. The van der Waals surface area contributed by atoms with Crippen LogP contribution < -0.4 is 20.7 Å². The number of carbonyl (C=O) groups excluding carboxylic acids is 3. The van der Waals surface area contributed by atoms with E-state index < -0.39 is 11.6 Å². The van der Waals surface area contributed by atoms with Gasteiger partial charge in [-0.3, -0.25) is 14.4 Å². The zero-order valence-electron chi connectivity index (χ0n) is 26.0. The zero-order chi connectivity index (χ0) is 30.8. The number of rotatable bonds is 14. The van der Waals surface area contributed by atoms with Gasteiger partial charge in [0.05, 0.1) is 13.8 Å². The van der Waals surface area contributed by atoms with Crippen molar-refractivity contribution in [3.63, 3.8) is 0 Å². The minimum Gasteiger partial charge on any atom is -0.497 e. The van der Waals surface area contributed by atoms with Crippen molar-refractivity contribution in [1.29, 1.82) is 0 Å². The highest BCUT2D eigenvalue weighted by Crippen LogP contribution is 2.39. The third kappa shape index (κ3) is 7.67. The minimum atomic E-state index is -0.706. The van der Waals surface area contributed by atoms with Gasteiger partial charge in [-0.05, 0) is 68.7 Å². The highest BCUT2D eigenvalue weighted by molar-refractivity contribution is 5.94. The molecule has 2 fully saturated rings. The van der Waals surface area contributed by atoms with Gasteiger partial charge in [-0.2, -0.15) is 0 Å². The highest BCUT2D eigenvalue weighted by Gasteiger charge is 2.54. The molecule has 2 aromatic rings. The van der Waals surface area contributed by atoms with Gasteiger partial charge in [0.25, 0.3) is 0 Å². The Morgan fingerprint density at radius 3 is 2.33 bits per heavy atom. The Bertz CT molecular complexity index is 1200. The molecule has 234 valence electrons. The second kappa shape index (κ2) is 15.2. The number of amides is 3. The first kappa shape index (κ1) is 32.3. The number of nitrogens with zero attached hydrogens (tertiary/aromatic N) is 4. The molecule has 0 aromatic heterocycles. The Morgan fingerprint density at radius 2 is 1.72 bits per heavy atom. The van der Waals surface area contributed by atoms with E-state index in [0.29, 0.717) is 58.5 Å². The third-order valence-corrected chi connectivity index (χ3v) is 8.90. The quantitative estimate of drug-likeness (QED) is 0.347. The van der Waals surface area contributed by atoms with E-state index in [2.05, 4.69) is 41.1 Å². The second-order valence-electron chi connectivity index (χ2n) is 11.4. The van der Waals surface area contributed by atoms with Crippen molar-refractivity contribution >= 4 is 23.4 Å². The van der Waals surface area contributed by atoms with E-state index >= 15 is 0 Å². The SMILES string of the molecule is CCN(CC)CCN1CN(c2ccccc2)C2(CCN(C(=O)C(Cc3ccc(OC)cc3)NC(=O)CCCN)CC2)C1=O. The molecule has 0 saturated carbocycles. The molecule has 2 aromatic carbocycles. The molecular formula is C33H48N6O4. The number of benzene rings is 2. The van der Waals surface area contributed by atoms with E-state index in [1.807, 2.05) is 52.3 Å². The average Bonchev–Trinajstić information content (AvgIpc) is 3.31. The van der Waals surface area contributed by atoms with Crippen LogP contribution in [0.15, 0.2) is 54.6 Å². The van der Waals surface area contributed by atoms with Gasteiger partial charge in [-0.25, -0.2) is 0 Å². The molecule has 2 saturated heterocycles. The fraction of sp³-hybridized carbons (Fsp3) is 0.545. The first-order valence-corrected chi connectivity index (χ1v) is 15.6. The lowest BCUT2D eigenvalue weighted by Crippen LogP contribution is -2.59. The fourth-order valence-electron chi connectivity index (χ4n) is 6.22. The maximum absolute atomic E-state index is 14.1. The van der Waals surface area contributed by atoms with Gasteiger partial charge in [-0.1, -0.05) is 44.2 Å². The number of nitrogens with one attached hydrogen (secondary N) is 1. The van der Waals surface area contributed by atoms with Gasteiger partial charge in [0.15, 0.2) is 0 Å². The molecule has 1 unspecified atom stereocenters. The number of methoxy groups -OCH3 is 1. The van der Waals surface area contributed by atoms with Crippen molar-refractivity contribution in [2.45, 2.75) is 57.5 Å². The summed E-state index contributed by atoms with van der Waals surface area (Å²) in [5, 5.41) is 2.97. The van der Waals surface area contributed by atoms with E-state index in [1.165, 1.54) is 0 Å². The van der Waals surface area contributed by atoms with Gasteiger partial charge in [-0.15, -0.1) is 0 Å². The molecule has 0 radical (unpaired) electrons. The highest BCUT2D eigenvalue weighted by atomic mass is 16.5. The Labute approximate surface area is 256 Å². The summed E-state index contributed by atoms with van der Waals surface area (Å²) in [7, 11) is 1.61. The summed E-state index contributed by atoms with van der Waals surface area (Å²) in [4.78, 5) is 49.1. The molecule has 0 aliphatic carbocycles. The number of hydrogen-bond acceptors (Lipinski definition) is 7. The first-order valence-electron chi connectivity index (χ1n) is 15.6. The van der Waals surface area contributed by atoms with Gasteiger partial charge in [0, 0.05) is 44.7 Å². The standard InChI is InChI=1S/C33H48N6O4/c1-4-36(5-2)22-23-38-25-39(27-10-7-6-8-11-27)33(32(38)42)17-20-37(21-18-33)31(41)29(35-30(40)12-9-19-34)24-26-13-15-28(43-3)16-14-26/h6-8,10-11,13-16,29H,4-5,9,12,17-25,34H2,1-3H3,(H,35,40). The topological polar surface area (TPSA) is 111 Å². The Hall–Kier alpha value is -3.63. The number of likely N-dealkylation sites (N-methyl/N-ethyl adjacent to an activating group) is 1. The Kier molecular flexibility index (Phi) is 11.4. The minimum absolute atomic E-state index is 0.123. The van der Waals surface area contributed by atoms with Gasteiger partial charge in [0.2, 0.25) is 17.7 Å². The van der Waals surface area contributed by atoms with Crippen LogP contribution in [-0.4, -0.2) is 104 Å². The van der Waals surface area contributed by atoms with E-state index in [0.717, 1.165) is 36.6 Å². The van der Waals surface area contributed by atoms with Crippen LogP contribution in [0.4, 0.5) is 5.69 Å². The number of hydrogen-bond donors (Lipinski definition) is 2. The van der Waals surface area contributed by atoms with Crippen LogP contribution >= 0.6 is 0 Å². The summed E-state index contributed by atoms with van der Waals surface area (Å²) in [5.74, 6) is 0.563. The molecule has 1 spiro atoms. The monoisotopic (exact) mass is 592 g/mol. The van der Waals surface area contributed by atoms with Crippen LogP contribution in [0.5, 0.6) is 5.75 Å². The van der Waals surface area contributed by atoms with Crippen molar-refractivity contribution in [2.75, 3.05) is 64.5 Å².